The van der Waals surface area contributed by atoms with E-state index < -0.39 is 17.4 Å². The SMILES string of the molecule is O=C(NNC(=O)c1cc2ccccc2c(=O)[nH]1)c1nc(-c2ccccc2)n(-c2ccccc2)n1. The second kappa shape index (κ2) is 8.83. The molecule has 2 heterocycles. The number of aromatic amines is 1. The molecule has 2 amide bonds. The van der Waals surface area contributed by atoms with Gasteiger partial charge in [-0.15, -0.1) is 5.10 Å². The quantitative estimate of drug-likeness (QED) is 0.364. The first-order valence-electron chi connectivity index (χ1n) is 10.4. The summed E-state index contributed by atoms with van der Waals surface area (Å²) in [5.41, 5.74) is 5.72. The molecule has 0 radical (unpaired) electrons. The van der Waals surface area contributed by atoms with Gasteiger partial charge in [0.2, 0.25) is 5.82 Å². The summed E-state index contributed by atoms with van der Waals surface area (Å²) in [5.74, 6) is -1.04. The van der Waals surface area contributed by atoms with Crippen LogP contribution in [0, 0.1) is 0 Å². The van der Waals surface area contributed by atoms with E-state index in [0.717, 1.165) is 11.3 Å². The topological polar surface area (TPSA) is 122 Å². The van der Waals surface area contributed by atoms with Gasteiger partial charge in [-0.25, -0.2) is 9.67 Å². The number of amides is 2. The van der Waals surface area contributed by atoms with Crippen LogP contribution < -0.4 is 16.4 Å². The van der Waals surface area contributed by atoms with Crippen LogP contribution in [-0.4, -0.2) is 31.6 Å². The van der Waals surface area contributed by atoms with E-state index in [-0.39, 0.29) is 11.5 Å². The first-order valence-corrected chi connectivity index (χ1v) is 10.4. The molecule has 166 valence electrons. The van der Waals surface area contributed by atoms with Crippen molar-refractivity contribution in [2.45, 2.75) is 0 Å². The highest BCUT2D eigenvalue weighted by molar-refractivity contribution is 5.98. The third-order valence-electron chi connectivity index (χ3n) is 5.13. The largest absolute Gasteiger partial charge is 0.317 e. The molecule has 0 spiro atoms. The molecular weight excluding hydrogens is 432 g/mol. The number of carbonyl (C=O) groups is 2. The first-order chi connectivity index (χ1) is 16.6. The lowest BCUT2D eigenvalue weighted by Crippen LogP contribution is -2.42. The van der Waals surface area contributed by atoms with E-state index in [0.29, 0.717) is 16.6 Å². The number of hydrogen-bond acceptors (Lipinski definition) is 5. The highest BCUT2D eigenvalue weighted by Crippen LogP contribution is 2.21. The highest BCUT2D eigenvalue weighted by Gasteiger charge is 2.19. The zero-order valence-electron chi connectivity index (χ0n) is 17.7. The Balaban J connectivity index is 1.39. The van der Waals surface area contributed by atoms with Gasteiger partial charge in [0.1, 0.15) is 5.69 Å². The molecule has 9 nitrogen and oxygen atoms in total. The molecule has 2 aromatic heterocycles. The van der Waals surface area contributed by atoms with Crippen molar-refractivity contribution >= 4 is 22.6 Å². The van der Waals surface area contributed by atoms with Gasteiger partial charge in [-0.1, -0.05) is 66.7 Å². The Kier molecular flexibility index (Phi) is 5.41. The summed E-state index contributed by atoms with van der Waals surface area (Å²) in [5, 5.41) is 5.42. The van der Waals surface area contributed by atoms with Crippen molar-refractivity contribution in [3.05, 3.63) is 113 Å². The zero-order valence-corrected chi connectivity index (χ0v) is 17.7. The molecule has 0 atom stereocenters. The maximum Gasteiger partial charge on any atom is 0.309 e. The summed E-state index contributed by atoms with van der Waals surface area (Å²) in [6, 6.07) is 27.1. The number of hydrazine groups is 1. The zero-order chi connectivity index (χ0) is 23.5. The first kappa shape index (κ1) is 20.8. The number of para-hydroxylation sites is 1. The molecule has 0 unspecified atom stereocenters. The number of pyridine rings is 1. The van der Waals surface area contributed by atoms with Gasteiger partial charge >= 0.3 is 5.91 Å². The summed E-state index contributed by atoms with van der Waals surface area (Å²) in [4.78, 5) is 44.4. The van der Waals surface area contributed by atoms with Gasteiger partial charge in [0.05, 0.1) is 5.69 Å². The molecule has 0 bridgehead atoms. The molecule has 5 aromatic rings. The van der Waals surface area contributed by atoms with Crippen molar-refractivity contribution in [2.24, 2.45) is 0 Å². The van der Waals surface area contributed by atoms with E-state index in [9.17, 15) is 14.4 Å². The van der Waals surface area contributed by atoms with Crippen LogP contribution in [0.25, 0.3) is 27.8 Å². The minimum absolute atomic E-state index is 0.0109. The molecule has 34 heavy (non-hydrogen) atoms. The van der Waals surface area contributed by atoms with E-state index >= 15 is 0 Å². The molecular formula is C25H18N6O3. The van der Waals surface area contributed by atoms with Crippen LogP contribution in [0.15, 0.2) is 95.8 Å². The molecule has 0 saturated heterocycles. The minimum Gasteiger partial charge on any atom is -0.317 e. The number of carbonyl (C=O) groups excluding carboxylic acids is 2. The Bertz CT molecular complexity index is 1500. The average Bonchev–Trinajstić information content (AvgIpc) is 3.34. The standard InChI is InChI=1S/C25H18N6O3/c32-23-19-14-8-7-11-17(19)15-20(26-23)24(33)28-29-25(34)21-27-22(16-9-3-1-4-10-16)31(30-21)18-12-5-2-6-13-18/h1-15H,(H,26,32)(H,28,33)(H,29,34). The third kappa shape index (κ3) is 4.05. The molecule has 0 fully saturated rings. The predicted molar refractivity (Wildman–Crippen MR) is 126 cm³/mol. The van der Waals surface area contributed by atoms with Crippen LogP contribution in [0.2, 0.25) is 0 Å². The van der Waals surface area contributed by atoms with Crippen molar-refractivity contribution in [3.8, 4) is 17.1 Å². The van der Waals surface area contributed by atoms with Gasteiger partial charge in [0.25, 0.3) is 11.5 Å². The Morgan fingerprint density at radius 1 is 0.794 bits per heavy atom. The Labute approximate surface area is 193 Å². The fraction of sp³-hybridized carbons (Fsp3) is 0. The van der Waals surface area contributed by atoms with E-state index in [4.69, 9.17) is 0 Å². The number of hydrogen-bond donors (Lipinski definition) is 3. The number of H-pyrrole nitrogens is 1. The smallest absolute Gasteiger partial charge is 0.309 e. The van der Waals surface area contributed by atoms with Crippen LogP contribution in [0.5, 0.6) is 0 Å². The predicted octanol–water partition coefficient (Wildman–Crippen LogP) is 2.85. The third-order valence-corrected chi connectivity index (χ3v) is 5.13. The maximum absolute atomic E-state index is 12.8. The molecule has 9 heteroatoms. The lowest BCUT2D eigenvalue weighted by molar-refractivity contribution is 0.0838. The summed E-state index contributed by atoms with van der Waals surface area (Å²) < 4.78 is 1.56. The molecule has 3 N–H and O–H groups in total. The van der Waals surface area contributed by atoms with Crippen molar-refractivity contribution in [2.75, 3.05) is 0 Å². The van der Waals surface area contributed by atoms with Gasteiger partial charge in [-0.3, -0.25) is 25.2 Å². The highest BCUT2D eigenvalue weighted by atomic mass is 16.2. The Morgan fingerprint density at radius 3 is 2.21 bits per heavy atom. The van der Waals surface area contributed by atoms with Crippen molar-refractivity contribution in [3.63, 3.8) is 0 Å². The van der Waals surface area contributed by atoms with Crippen LogP contribution >= 0.6 is 0 Å². The number of aromatic nitrogens is 4. The van der Waals surface area contributed by atoms with Gasteiger partial charge in [-0.2, -0.15) is 0 Å². The number of benzene rings is 3. The van der Waals surface area contributed by atoms with E-state index in [1.165, 1.54) is 6.07 Å². The van der Waals surface area contributed by atoms with Crippen molar-refractivity contribution in [1.82, 2.24) is 30.6 Å². The summed E-state index contributed by atoms with van der Waals surface area (Å²) in [6.07, 6.45) is 0. The van der Waals surface area contributed by atoms with Gasteiger partial charge < -0.3 is 4.98 Å². The summed E-state index contributed by atoms with van der Waals surface area (Å²) in [7, 11) is 0. The molecule has 0 aliphatic heterocycles. The Morgan fingerprint density at radius 2 is 1.44 bits per heavy atom. The van der Waals surface area contributed by atoms with Gasteiger partial charge in [-0.05, 0) is 29.7 Å². The molecule has 5 rings (SSSR count). The Hall–Kier alpha value is -5.05. The molecule has 0 aliphatic rings. The van der Waals surface area contributed by atoms with E-state index in [2.05, 4.69) is 25.9 Å². The molecule has 0 saturated carbocycles. The maximum atomic E-state index is 12.8. The fourth-order valence-corrected chi connectivity index (χ4v) is 3.50. The van der Waals surface area contributed by atoms with Crippen LogP contribution in [0.3, 0.4) is 0 Å². The number of rotatable bonds is 4. The van der Waals surface area contributed by atoms with Crippen molar-refractivity contribution < 1.29 is 9.59 Å². The van der Waals surface area contributed by atoms with Gasteiger partial charge in [0.15, 0.2) is 5.82 Å². The second-order valence-corrected chi connectivity index (χ2v) is 7.38. The normalized spacial score (nSPS) is 10.7. The van der Waals surface area contributed by atoms with Crippen LogP contribution in [0.4, 0.5) is 0 Å². The van der Waals surface area contributed by atoms with Crippen molar-refractivity contribution in [1.29, 1.82) is 0 Å². The monoisotopic (exact) mass is 450 g/mol. The fourth-order valence-electron chi connectivity index (χ4n) is 3.50. The lowest BCUT2D eigenvalue weighted by Gasteiger charge is -2.06. The van der Waals surface area contributed by atoms with Crippen LogP contribution in [-0.2, 0) is 0 Å². The second-order valence-electron chi connectivity index (χ2n) is 7.38. The van der Waals surface area contributed by atoms with E-state index in [1.807, 2.05) is 60.7 Å². The van der Waals surface area contributed by atoms with Gasteiger partial charge in [0, 0.05) is 10.9 Å². The number of nitrogens with zero attached hydrogens (tertiary/aromatic N) is 3. The number of nitrogens with one attached hydrogen (secondary N) is 3. The summed E-state index contributed by atoms with van der Waals surface area (Å²) in [6.45, 7) is 0. The summed E-state index contributed by atoms with van der Waals surface area (Å²) >= 11 is 0. The number of fused-ring (bicyclic) bond motifs is 1. The minimum atomic E-state index is -0.705. The average molecular weight is 450 g/mol. The van der Waals surface area contributed by atoms with Crippen LogP contribution in [0.1, 0.15) is 21.1 Å². The molecule has 3 aromatic carbocycles. The molecule has 0 aliphatic carbocycles. The van der Waals surface area contributed by atoms with E-state index in [1.54, 1.807) is 28.9 Å². The lowest BCUT2D eigenvalue weighted by atomic mass is 10.1.